The Balaban J connectivity index is 1.50. The van der Waals surface area contributed by atoms with Crippen LogP contribution in [0.25, 0.3) is 0 Å². The van der Waals surface area contributed by atoms with Crippen LogP contribution in [0, 0.1) is 16.6 Å². The molecular weight excluding hydrogens is 577 g/mol. The quantitative estimate of drug-likeness (QED) is 0.323. The first kappa shape index (κ1) is 30.9. The van der Waals surface area contributed by atoms with Gasteiger partial charge in [0.2, 0.25) is 0 Å². The van der Waals surface area contributed by atoms with E-state index in [9.17, 15) is 14.0 Å². The van der Waals surface area contributed by atoms with Gasteiger partial charge in [-0.05, 0) is 71.9 Å². The molecule has 4 aliphatic rings. The summed E-state index contributed by atoms with van der Waals surface area (Å²) < 4.78 is 25.3. The summed E-state index contributed by atoms with van der Waals surface area (Å²) in [6.07, 6.45) is 8.15. The third kappa shape index (κ3) is 5.82. The van der Waals surface area contributed by atoms with Crippen molar-refractivity contribution in [3.8, 4) is 11.5 Å². The van der Waals surface area contributed by atoms with Gasteiger partial charge in [-0.1, -0.05) is 70.7 Å². The molecule has 0 N–H and O–H groups in total. The molecule has 0 aromatic heterocycles. The maximum absolute atomic E-state index is 14.2. The van der Waals surface area contributed by atoms with Crippen LogP contribution in [0.3, 0.4) is 0 Å². The third-order valence-corrected chi connectivity index (χ3v) is 10.1. The van der Waals surface area contributed by atoms with Crippen LogP contribution >= 0.6 is 11.6 Å². The number of allylic oxidation sites excluding steroid dienone is 4. The monoisotopic (exact) mass is 619 g/mol. The molecular formula is C37H43ClFNO4. The molecule has 0 radical (unpaired) electrons. The molecule has 5 nitrogen and oxygen atoms in total. The summed E-state index contributed by atoms with van der Waals surface area (Å²) in [6.45, 7) is 8.89. The maximum atomic E-state index is 14.2. The molecule has 1 aliphatic heterocycles. The number of carbonyl (C=O) groups is 2. The SMILES string of the molecule is COc1cc(C2C3=C(CC(C)(C)CC3=O)N(C3CCCCC3)C3=C2C(=O)CC(C)(C)C3)cc(Cl)c1OCc1ccc(F)cc1. The Bertz CT molecular complexity index is 1490. The molecule has 2 aromatic rings. The number of carbonyl (C=O) groups excluding carboxylic acids is 2. The van der Waals surface area contributed by atoms with E-state index in [4.69, 9.17) is 21.1 Å². The summed E-state index contributed by atoms with van der Waals surface area (Å²) in [5.74, 6) is 0.200. The first-order chi connectivity index (χ1) is 20.9. The van der Waals surface area contributed by atoms with E-state index in [0.29, 0.717) is 35.4 Å². The number of Topliss-reactive ketones (excluding diaryl/α,β-unsaturated/α-hetero) is 2. The van der Waals surface area contributed by atoms with Gasteiger partial charge in [-0.25, -0.2) is 4.39 Å². The number of hydrogen-bond acceptors (Lipinski definition) is 5. The van der Waals surface area contributed by atoms with Gasteiger partial charge in [0.05, 0.1) is 12.1 Å². The molecule has 0 unspecified atom stereocenters. The van der Waals surface area contributed by atoms with Crippen molar-refractivity contribution in [3.05, 3.63) is 80.9 Å². The number of benzene rings is 2. The average Bonchev–Trinajstić information content (AvgIpc) is 2.95. The lowest BCUT2D eigenvalue weighted by molar-refractivity contribution is -0.119. The van der Waals surface area contributed by atoms with Crippen LogP contribution in [0.2, 0.25) is 5.02 Å². The zero-order valence-corrected chi connectivity index (χ0v) is 27.3. The molecule has 0 bridgehead atoms. The van der Waals surface area contributed by atoms with Gasteiger partial charge in [0.15, 0.2) is 23.1 Å². The molecule has 3 aliphatic carbocycles. The standard InChI is InChI=1S/C37H43ClFNO4/c1-36(2)17-27-33(29(41)19-36)32(34-28(18-37(3,4)20-30(34)42)40(27)25-9-7-6-8-10-25)23-15-26(38)35(31(16-23)43-5)44-21-22-11-13-24(39)14-12-22/h11-16,25,32H,6-10,17-21H2,1-5H3. The third-order valence-electron chi connectivity index (χ3n) is 9.77. The van der Waals surface area contributed by atoms with Crippen molar-refractivity contribution in [2.45, 2.75) is 104 Å². The number of rotatable bonds is 6. The number of ketones is 2. The van der Waals surface area contributed by atoms with E-state index in [1.807, 2.05) is 12.1 Å². The Morgan fingerprint density at radius 2 is 1.43 bits per heavy atom. The molecule has 44 heavy (non-hydrogen) atoms. The van der Waals surface area contributed by atoms with Crippen molar-refractivity contribution in [2.24, 2.45) is 10.8 Å². The Hall–Kier alpha value is -3.12. The van der Waals surface area contributed by atoms with Crippen molar-refractivity contribution < 1.29 is 23.5 Å². The topological polar surface area (TPSA) is 55.8 Å². The Labute approximate surface area is 265 Å². The number of ether oxygens (including phenoxy) is 2. The minimum atomic E-state index is -0.510. The van der Waals surface area contributed by atoms with Crippen molar-refractivity contribution in [1.82, 2.24) is 4.90 Å². The van der Waals surface area contributed by atoms with Crippen LogP contribution in [0.4, 0.5) is 4.39 Å². The summed E-state index contributed by atoms with van der Waals surface area (Å²) in [5, 5.41) is 0.340. The molecule has 1 heterocycles. The summed E-state index contributed by atoms with van der Waals surface area (Å²) in [5.41, 5.74) is 4.91. The fourth-order valence-corrected chi connectivity index (χ4v) is 8.17. The van der Waals surface area contributed by atoms with Gasteiger partial charge in [0, 0.05) is 47.3 Å². The smallest absolute Gasteiger partial charge is 0.180 e. The van der Waals surface area contributed by atoms with E-state index in [2.05, 4.69) is 32.6 Å². The Kier molecular flexibility index (Phi) is 8.19. The van der Waals surface area contributed by atoms with E-state index in [0.717, 1.165) is 72.2 Å². The van der Waals surface area contributed by atoms with Gasteiger partial charge in [0.1, 0.15) is 12.4 Å². The first-order valence-corrected chi connectivity index (χ1v) is 16.3. The largest absolute Gasteiger partial charge is 0.493 e. The predicted octanol–water partition coefficient (Wildman–Crippen LogP) is 9.09. The van der Waals surface area contributed by atoms with Gasteiger partial charge in [-0.2, -0.15) is 0 Å². The second kappa shape index (κ2) is 11.7. The van der Waals surface area contributed by atoms with Gasteiger partial charge < -0.3 is 14.4 Å². The summed E-state index contributed by atoms with van der Waals surface area (Å²) in [4.78, 5) is 30.9. The number of nitrogens with zero attached hydrogens (tertiary/aromatic N) is 1. The van der Waals surface area contributed by atoms with E-state index >= 15 is 0 Å². The predicted molar refractivity (Wildman–Crippen MR) is 170 cm³/mol. The Morgan fingerprint density at radius 3 is 1.98 bits per heavy atom. The minimum Gasteiger partial charge on any atom is -0.493 e. The molecule has 0 saturated heterocycles. The molecule has 0 atom stereocenters. The lowest BCUT2D eigenvalue weighted by atomic mass is 9.63. The number of hydrogen-bond donors (Lipinski definition) is 0. The van der Waals surface area contributed by atoms with Crippen molar-refractivity contribution in [3.63, 3.8) is 0 Å². The zero-order valence-electron chi connectivity index (χ0n) is 26.5. The molecule has 1 fully saturated rings. The molecule has 7 heteroatoms. The highest BCUT2D eigenvalue weighted by molar-refractivity contribution is 6.32. The second-order valence-electron chi connectivity index (χ2n) is 14.6. The average molecular weight is 620 g/mol. The van der Waals surface area contributed by atoms with Gasteiger partial charge in [-0.15, -0.1) is 0 Å². The second-order valence-corrected chi connectivity index (χ2v) is 15.1. The van der Waals surface area contributed by atoms with Crippen LogP contribution in [0.5, 0.6) is 11.5 Å². The zero-order chi connectivity index (χ0) is 31.4. The highest BCUT2D eigenvalue weighted by Crippen LogP contribution is 2.56. The summed E-state index contributed by atoms with van der Waals surface area (Å²) in [7, 11) is 1.56. The Morgan fingerprint density at radius 1 is 0.864 bits per heavy atom. The molecule has 1 saturated carbocycles. The molecule has 234 valence electrons. The first-order valence-electron chi connectivity index (χ1n) is 15.9. The van der Waals surface area contributed by atoms with Crippen LogP contribution in [-0.2, 0) is 16.2 Å². The van der Waals surface area contributed by atoms with Crippen LogP contribution in [-0.4, -0.2) is 29.6 Å². The van der Waals surface area contributed by atoms with Crippen molar-refractivity contribution >= 4 is 23.2 Å². The van der Waals surface area contributed by atoms with Gasteiger partial charge >= 0.3 is 0 Å². The normalized spacial score (nSPS) is 22.2. The van der Waals surface area contributed by atoms with E-state index in [1.54, 1.807) is 19.2 Å². The highest BCUT2D eigenvalue weighted by atomic mass is 35.5. The lowest BCUT2D eigenvalue weighted by Crippen LogP contribution is -2.48. The van der Waals surface area contributed by atoms with Crippen molar-refractivity contribution in [1.29, 1.82) is 0 Å². The van der Waals surface area contributed by atoms with E-state index in [1.165, 1.54) is 18.6 Å². The number of methoxy groups -OCH3 is 1. The van der Waals surface area contributed by atoms with Crippen LogP contribution < -0.4 is 9.47 Å². The number of halogens is 2. The van der Waals surface area contributed by atoms with E-state index < -0.39 is 5.92 Å². The molecule has 0 spiro atoms. The lowest BCUT2D eigenvalue weighted by Gasteiger charge is -2.52. The van der Waals surface area contributed by atoms with Crippen LogP contribution in [0.15, 0.2) is 58.9 Å². The van der Waals surface area contributed by atoms with Crippen LogP contribution in [0.1, 0.15) is 103 Å². The fourth-order valence-electron chi connectivity index (χ4n) is 7.89. The maximum Gasteiger partial charge on any atom is 0.180 e. The molecule has 0 amide bonds. The van der Waals surface area contributed by atoms with Crippen molar-refractivity contribution in [2.75, 3.05) is 7.11 Å². The summed E-state index contributed by atoms with van der Waals surface area (Å²) >= 11 is 6.91. The summed E-state index contributed by atoms with van der Waals surface area (Å²) in [6, 6.07) is 10.1. The van der Waals surface area contributed by atoms with Gasteiger partial charge in [0.25, 0.3) is 0 Å². The van der Waals surface area contributed by atoms with E-state index in [-0.39, 0.29) is 34.8 Å². The minimum absolute atomic E-state index is 0.109. The van der Waals surface area contributed by atoms with Gasteiger partial charge in [-0.3, -0.25) is 9.59 Å². The molecule has 2 aromatic carbocycles. The fraction of sp³-hybridized carbons (Fsp3) is 0.514. The highest BCUT2D eigenvalue weighted by Gasteiger charge is 2.50. The molecule has 6 rings (SSSR count).